The molecule has 5 heteroatoms. The number of ether oxygens (including phenoxy) is 1. The van der Waals surface area contributed by atoms with Crippen LogP contribution in [0.25, 0.3) is 0 Å². The Kier molecular flexibility index (Phi) is 5.27. The van der Waals surface area contributed by atoms with Crippen LogP contribution in [0.4, 0.5) is 0 Å². The van der Waals surface area contributed by atoms with Crippen molar-refractivity contribution in [1.82, 2.24) is 4.98 Å². The first-order chi connectivity index (χ1) is 8.70. The molecular weight excluding hydrogens is 316 g/mol. The summed E-state index contributed by atoms with van der Waals surface area (Å²) in [5, 5.41) is 0.603. The number of nitrogens with zero attached hydrogens (tertiary/aromatic N) is 1. The van der Waals surface area contributed by atoms with Crippen molar-refractivity contribution in [1.29, 1.82) is 0 Å². The highest BCUT2D eigenvalue weighted by atomic mass is 79.9. The molecular formula is C13H18BrClN2O. The van der Waals surface area contributed by atoms with Gasteiger partial charge in [0.25, 0.3) is 0 Å². The average molecular weight is 334 g/mol. The third-order valence-electron chi connectivity index (χ3n) is 3.58. The Balaban J connectivity index is 1.93. The molecule has 1 aliphatic rings. The van der Waals surface area contributed by atoms with E-state index in [0.29, 0.717) is 29.3 Å². The van der Waals surface area contributed by atoms with Crippen LogP contribution in [0.1, 0.15) is 25.7 Å². The van der Waals surface area contributed by atoms with Gasteiger partial charge in [0.2, 0.25) is 5.88 Å². The van der Waals surface area contributed by atoms with Crippen molar-refractivity contribution in [2.45, 2.75) is 25.7 Å². The Labute approximate surface area is 121 Å². The van der Waals surface area contributed by atoms with Gasteiger partial charge in [0, 0.05) is 6.20 Å². The summed E-state index contributed by atoms with van der Waals surface area (Å²) in [6.45, 7) is 1.44. The minimum Gasteiger partial charge on any atom is -0.477 e. The van der Waals surface area contributed by atoms with Crippen molar-refractivity contribution in [2.24, 2.45) is 17.6 Å². The number of pyridine rings is 1. The highest BCUT2D eigenvalue weighted by Gasteiger charge is 2.24. The summed E-state index contributed by atoms with van der Waals surface area (Å²) in [7, 11) is 0. The highest BCUT2D eigenvalue weighted by Crippen LogP contribution is 2.31. The molecule has 100 valence electrons. The van der Waals surface area contributed by atoms with Crippen LogP contribution >= 0.6 is 27.5 Å². The van der Waals surface area contributed by atoms with Crippen molar-refractivity contribution >= 4 is 27.5 Å². The standard InChI is InChI=1S/C13H18BrClN2O/c14-12-5-11(15)7-17-13(12)18-8-10-4-2-1-3-9(10)6-16/h5,7,9-10H,1-4,6,8,16H2. The Morgan fingerprint density at radius 3 is 2.78 bits per heavy atom. The summed E-state index contributed by atoms with van der Waals surface area (Å²) < 4.78 is 6.59. The molecule has 2 rings (SSSR count). The van der Waals surface area contributed by atoms with E-state index in [0.717, 1.165) is 11.0 Å². The van der Waals surface area contributed by atoms with E-state index in [1.807, 2.05) is 0 Å². The summed E-state index contributed by atoms with van der Waals surface area (Å²) in [6.07, 6.45) is 6.59. The first kappa shape index (κ1) is 14.1. The fraction of sp³-hybridized carbons (Fsp3) is 0.615. The number of rotatable bonds is 4. The minimum absolute atomic E-state index is 0.549. The third kappa shape index (κ3) is 3.59. The van der Waals surface area contributed by atoms with Gasteiger partial charge in [0.1, 0.15) is 0 Å². The van der Waals surface area contributed by atoms with Gasteiger partial charge in [-0.2, -0.15) is 0 Å². The number of hydrogen-bond donors (Lipinski definition) is 1. The van der Waals surface area contributed by atoms with Crippen LogP contribution in [-0.4, -0.2) is 18.1 Å². The van der Waals surface area contributed by atoms with Gasteiger partial charge in [0.05, 0.1) is 16.1 Å². The largest absolute Gasteiger partial charge is 0.477 e. The summed E-state index contributed by atoms with van der Waals surface area (Å²) >= 11 is 9.25. The fourth-order valence-electron chi connectivity index (χ4n) is 2.51. The van der Waals surface area contributed by atoms with E-state index in [1.54, 1.807) is 12.3 Å². The van der Waals surface area contributed by atoms with Crippen molar-refractivity contribution in [3.8, 4) is 5.88 Å². The fourth-order valence-corrected chi connectivity index (χ4v) is 3.26. The lowest BCUT2D eigenvalue weighted by Crippen LogP contribution is -2.30. The maximum absolute atomic E-state index is 5.85. The molecule has 0 aliphatic heterocycles. The molecule has 1 aliphatic carbocycles. The zero-order valence-electron chi connectivity index (χ0n) is 10.2. The highest BCUT2D eigenvalue weighted by molar-refractivity contribution is 9.10. The van der Waals surface area contributed by atoms with Gasteiger partial charge >= 0.3 is 0 Å². The zero-order valence-corrected chi connectivity index (χ0v) is 12.6. The molecule has 1 aromatic rings. The van der Waals surface area contributed by atoms with Crippen LogP contribution in [0, 0.1) is 11.8 Å². The normalized spacial score (nSPS) is 23.9. The van der Waals surface area contributed by atoms with Crippen molar-refractivity contribution in [3.05, 3.63) is 21.8 Å². The van der Waals surface area contributed by atoms with Crippen LogP contribution in [0.2, 0.25) is 5.02 Å². The number of hydrogen-bond acceptors (Lipinski definition) is 3. The van der Waals surface area contributed by atoms with E-state index in [9.17, 15) is 0 Å². The molecule has 2 atom stereocenters. The van der Waals surface area contributed by atoms with Crippen molar-refractivity contribution < 1.29 is 4.74 Å². The van der Waals surface area contributed by atoms with Gasteiger partial charge in [-0.3, -0.25) is 0 Å². The van der Waals surface area contributed by atoms with Gasteiger partial charge in [-0.1, -0.05) is 24.4 Å². The van der Waals surface area contributed by atoms with E-state index in [4.69, 9.17) is 22.1 Å². The van der Waals surface area contributed by atoms with E-state index >= 15 is 0 Å². The van der Waals surface area contributed by atoms with Crippen molar-refractivity contribution in [2.75, 3.05) is 13.2 Å². The lowest BCUT2D eigenvalue weighted by Gasteiger charge is -2.30. The molecule has 0 amide bonds. The smallest absolute Gasteiger partial charge is 0.228 e. The third-order valence-corrected chi connectivity index (χ3v) is 4.35. The second kappa shape index (κ2) is 6.73. The van der Waals surface area contributed by atoms with Crippen LogP contribution in [-0.2, 0) is 0 Å². The molecule has 1 heterocycles. The first-order valence-corrected chi connectivity index (χ1v) is 7.51. The van der Waals surface area contributed by atoms with Gasteiger partial charge in [-0.25, -0.2) is 4.98 Å². The summed E-state index contributed by atoms with van der Waals surface area (Å²) in [4.78, 5) is 4.18. The van der Waals surface area contributed by atoms with Crippen LogP contribution in [0.15, 0.2) is 16.7 Å². The molecule has 0 saturated heterocycles. The quantitative estimate of drug-likeness (QED) is 0.915. The molecule has 1 fully saturated rings. The average Bonchev–Trinajstić information content (AvgIpc) is 2.38. The van der Waals surface area contributed by atoms with E-state index in [1.165, 1.54) is 25.7 Å². The molecule has 0 radical (unpaired) electrons. The Hall–Kier alpha value is -0.320. The van der Waals surface area contributed by atoms with Gasteiger partial charge in [0.15, 0.2) is 0 Å². The van der Waals surface area contributed by atoms with Gasteiger partial charge in [-0.05, 0) is 53.2 Å². The molecule has 1 saturated carbocycles. The predicted molar refractivity (Wildman–Crippen MR) is 76.9 cm³/mol. The molecule has 0 spiro atoms. The van der Waals surface area contributed by atoms with Crippen molar-refractivity contribution in [3.63, 3.8) is 0 Å². The van der Waals surface area contributed by atoms with E-state index in [-0.39, 0.29) is 0 Å². The minimum atomic E-state index is 0.549. The monoisotopic (exact) mass is 332 g/mol. The summed E-state index contributed by atoms with van der Waals surface area (Å²) in [6, 6.07) is 1.80. The SMILES string of the molecule is NCC1CCCCC1COc1ncc(Cl)cc1Br. The first-order valence-electron chi connectivity index (χ1n) is 6.34. The molecule has 0 aromatic carbocycles. The molecule has 2 N–H and O–H groups in total. The molecule has 18 heavy (non-hydrogen) atoms. The maximum Gasteiger partial charge on any atom is 0.228 e. The predicted octanol–water partition coefficient (Wildman–Crippen LogP) is 3.64. The molecule has 3 nitrogen and oxygen atoms in total. The van der Waals surface area contributed by atoms with Gasteiger partial charge < -0.3 is 10.5 Å². The number of halogens is 2. The zero-order chi connectivity index (χ0) is 13.0. The Morgan fingerprint density at radius 2 is 2.11 bits per heavy atom. The maximum atomic E-state index is 5.85. The second-order valence-corrected chi connectivity index (χ2v) is 6.08. The van der Waals surface area contributed by atoms with E-state index in [2.05, 4.69) is 20.9 Å². The lowest BCUT2D eigenvalue weighted by atomic mass is 9.80. The summed E-state index contributed by atoms with van der Waals surface area (Å²) in [5.41, 5.74) is 5.81. The number of aromatic nitrogens is 1. The van der Waals surface area contributed by atoms with Crippen LogP contribution < -0.4 is 10.5 Å². The second-order valence-electron chi connectivity index (χ2n) is 4.79. The number of nitrogens with two attached hydrogens (primary N) is 1. The topological polar surface area (TPSA) is 48.1 Å². The van der Waals surface area contributed by atoms with E-state index < -0.39 is 0 Å². The Bertz CT molecular complexity index is 403. The summed E-state index contributed by atoms with van der Waals surface area (Å²) in [5.74, 6) is 1.75. The van der Waals surface area contributed by atoms with Crippen LogP contribution in [0.3, 0.4) is 0 Å². The lowest BCUT2D eigenvalue weighted by molar-refractivity contribution is 0.149. The van der Waals surface area contributed by atoms with Crippen LogP contribution in [0.5, 0.6) is 5.88 Å². The molecule has 2 unspecified atom stereocenters. The van der Waals surface area contributed by atoms with Gasteiger partial charge in [-0.15, -0.1) is 0 Å². The molecule has 1 aromatic heterocycles. The molecule has 0 bridgehead atoms. The Morgan fingerprint density at radius 1 is 1.39 bits per heavy atom.